The van der Waals surface area contributed by atoms with E-state index in [4.69, 9.17) is 0 Å². The van der Waals surface area contributed by atoms with Crippen LogP contribution in [0.5, 0.6) is 0 Å². The van der Waals surface area contributed by atoms with Crippen molar-refractivity contribution < 1.29 is 0 Å². The van der Waals surface area contributed by atoms with Crippen LogP contribution >= 0.6 is 0 Å². The third kappa shape index (κ3) is 2.94. The zero-order chi connectivity index (χ0) is 18.1. The Morgan fingerprint density at radius 1 is 1.04 bits per heavy atom. The van der Waals surface area contributed by atoms with Crippen molar-refractivity contribution in [3.05, 3.63) is 96.2 Å². The van der Waals surface area contributed by atoms with E-state index >= 15 is 0 Å². The van der Waals surface area contributed by atoms with Crippen molar-refractivity contribution in [3.8, 4) is 5.82 Å². The minimum absolute atomic E-state index is 0.0979. The summed E-state index contributed by atoms with van der Waals surface area (Å²) in [5.41, 5.74) is 4.70. The van der Waals surface area contributed by atoms with Crippen molar-refractivity contribution in [1.82, 2.24) is 29.4 Å². The molecule has 0 fully saturated rings. The molecule has 0 radical (unpaired) electrons. The highest BCUT2D eigenvalue weighted by molar-refractivity contribution is 5.32. The number of hydrogen-bond acceptors (Lipinski definition) is 4. The number of aromatic amines is 1. The van der Waals surface area contributed by atoms with Gasteiger partial charge in [0.15, 0.2) is 0 Å². The SMILES string of the molecule is c1ccc(-n2cccc2CN2CCc3[nH]cnc3[C@H]2c2cccnc2)nc1. The molecule has 1 N–H and O–H groups in total. The average Bonchev–Trinajstić information content (AvgIpc) is 3.38. The van der Waals surface area contributed by atoms with Crippen LogP contribution in [0, 0.1) is 0 Å². The van der Waals surface area contributed by atoms with E-state index in [1.165, 1.54) is 17.0 Å². The Balaban J connectivity index is 1.51. The Morgan fingerprint density at radius 2 is 2.04 bits per heavy atom. The quantitative estimate of drug-likeness (QED) is 0.610. The summed E-state index contributed by atoms with van der Waals surface area (Å²) >= 11 is 0. The van der Waals surface area contributed by atoms with Crippen molar-refractivity contribution in [2.45, 2.75) is 19.0 Å². The van der Waals surface area contributed by atoms with Crippen LogP contribution in [0.3, 0.4) is 0 Å². The van der Waals surface area contributed by atoms with Crippen molar-refractivity contribution in [3.63, 3.8) is 0 Å². The van der Waals surface area contributed by atoms with Crippen LogP contribution in [-0.4, -0.2) is 35.9 Å². The molecule has 0 bridgehead atoms. The van der Waals surface area contributed by atoms with E-state index in [-0.39, 0.29) is 6.04 Å². The van der Waals surface area contributed by atoms with Gasteiger partial charge in [-0.3, -0.25) is 9.88 Å². The third-order valence-corrected chi connectivity index (χ3v) is 5.12. The summed E-state index contributed by atoms with van der Waals surface area (Å²) in [5.74, 6) is 0.938. The smallest absolute Gasteiger partial charge is 0.136 e. The maximum atomic E-state index is 4.63. The van der Waals surface area contributed by atoms with Gasteiger partial charge in [0.05, 0.1) is 18.1 Å². The number of nitrogens with zero attached hydrogens (tertiary/aromatic N) is 5. The summed E-state index contributed by atoms with van der Waals surface area (Å²) in [6, 6.07) is 14.4. The van der Waals surface area contributed by atoms with Gasteiger partial charge < -0.3 is 9.55 Å². The van der Waals surface area contributed by atoms with Gasteiger partial charge in [-0.1, -0.05) is 12.1 Å². The van der Waals surface area contributed by atoms with Gasteiger partial charge in [-0.25, -0.2) is 9.97 Å². The molecule has 1 aliphatic rings. The molecule has 4 aromatic rings. The molecule has 1 atom stereocenters. The summed E-state index contributed by atoms with van der Waals surface area (Å²) in [6.07, 6.45) is 10.4. The normalized spacial score (nSPS) is 17.0. The monoisotopic (exact) mass is 356 g/mol. The van der Waals surface area contributed by atoms with E-state index in [9.17, 15) is 0 Å². The molecule has 5 heterocycles. The second-order valence-electron chi connectivity index (χ2n) is 6.73. The lowest BCUT2D eigenvalue weighted by molar-refractivity contribution is 0.196. The standard InChI is InChI=1S/C21H20N6/c1-2-10-23-19(7-1)27-11-4-6-17(27)14-26-12-8-18-20(25-15-24-18)21(26)16-5-3-9-22-13-16/h1-7,9-11,13,15,21H,8,12,14H2,(H,24,25)/t21-/m1/s1. The Hall–Kier alpha value is -3.25. The fourth-order valence-electron chi connectivity index (χ4n) is 3.87. The molecule has 5 rings (SSSR count). The number of hydrogen-bond donors (Lipinski definition) is 1. The Kier molecular flexibility index (Phi) is 4.03. The molecule has 1 aliphatic heterocycles. The van der Waals surface area contributed by atoms with E-state index in [1.54, 1.807) is 6.33 Å². The maximum absolute atomic E-state index is 4.63. The number of fused-ring (bicyclic) bond motifs is 1. The molecule has 0 saturated heterocycles. The van der Waals surface area contributed by atoms with Gasteiger partial charge in [-0.15, -0.1) is 0 Å². The minimum atomic E-state index is 0.0979. The maximum Gasteiger partial charge on any atom is 0.136 e. The van der Waals surface area contributed by atoms with Gasteiger partial charge in [-0.05, 0) is 35.9 Å². The molecule has 6 heteroatoms. The predicted octanol–water partition coefficient (Wildman–Crippen LogP) is 3.14. The number of nitrogens with one attached hydrogen (secondary N) is 1. The van der Waals surface area contributed by atoms with Gasteiger partial charge >= 0.3 is 0 Å². The summed E-state index contributed by atoms with van der Waals surface area (Å²) in [5, 5.41) is 0. The minimum Gasteiger partial charge on any atom is -0.348 e. The summed E-state index contributed by atoms with van der Waals surface area (Å²) in [6.45, 7) is 1.78. The van der Waals surface area contributed by atoms with Crippen molar-refractivity contribution in [2.24, 2.45) is 0 Å². The van der Waals surface area contributed by atoms with Crippen LogP contribution in [0.25, 0.3) is 5.82 Å². The lowest BCUT2D eigenvalue weighted by Crippen LogP contribution is -2.36. The van der Waals surface area contributed by atoms with Crippen LogP contribution in [0.15, 0.2) is 73.6 Å². The van der Waals surface area contributed by atoms with Crippen LogP contribution in [0.1, 0.15) is 28.7 Å². The molecule has 0 aliphatic carbocycles. The van der Waals surface area contributed by atoms with Gasteiger partial charge in [0, 0.05) is 55.7 Å². The Bertz CT molecular complexity index is 1020. The largest absolute Gasteiger partial charge is 0.348 e. The number of imidazole rings is 1. The molecule has 134 valence electrons. The summed E-state index contributed by atoms with van der Waals surface area (Å²) < 4.78 is 2.15. The molecule has 6 nitrogen and oxygen atoms in total. The van der Waals surface area contributed by atoms with Crippen LogP contribution < -0.4 is 0 Å². The number of aromatic nitrogens is 5. The zero-order valence-electron chi connectivity index (χ0n) is 14.9. The fraction of sp³-hybridized carbons (Fsp3) is 0.190. The van der Waals surface area contributed by atoms with E-state index in [1.807, 2.05) is 42.9 Å². The van der Waals surface area contributed by atoms with E-state index < -0.39 is 0 Å². The average molecular weight is 356 g/mol. The summed E-state index contributed by atoms with van der Waals surface area (Å²) in [7, 11) is 0. The van der Waals surface area contributed by atoms with Crippen LogP contribution in [0.2, 0.25) is 0 Å². The first-order valence-corrected chi connectivity index (χ1v) is 9.14. The molecule has 0 aromatic carbocycles. The highest BCUT2D eigenvalue weighted by Gasteiger charge is 2.31. The van der Waals surface area contributed by atoms with Gasteiger partial charge in [0.25, 0.3) is 0 Å². The van der Waals surface area contributed by atoms with E-state index in [0.29, 0.717) is 0 Å². The zero-order valence-corrected chi connectivity index (χ0v) is 14.9. The van der Waals surface area contributed by atoms with E-state index in [2.05, 4.69) is 53.8 Å². The number of pyridine rings is 2. The van der Waals surface area contributed by atoms with Crippen LogP contribution in [0.4, 0.5) is 0 Å². The van der Waals surface area contributed by atoms with Gasteiger partial charge in [0.2, 0.25) is 0 Å². The van der Waals surface area contributed by atoms with Crippen molar-refractivity contribution in [2.75, 3.05) is 6.54 Å². The highest BCUT2D eigenvalue weighted by Crippen LogP contribution is 2.34. The number of rotatable bonds is 4. The highest BCUT2D eigenvalue weighted by atomic mass is 15.2. The van der Waals surface area contributed by atoms with Crippen molar-refractivity contribution in [1.29, 1.82) is 0 Å². The Morgan fingerprint density at radius 3 is 2.89 bits per heavy atom. The molecular weight excluding hydrogens is 336 g/mol. The van der Waals surface area contributed by atoms with Crippen LogP contribution in [-0.2, 0) is 13.0 Å². The molecule has 0 saturated carbocycles. The lowest BCUT2D eigenvalue weighted by Gasteiger charge is -2.35. The second-order valence-corrected chi connectivity index (χ2v) is 6.73. The predicted molar refractivity (Wildman–Crippen MR) is 102 cm³/mol. The first-order valence-electron chi connectivity index (χ1n) is 9.14. The summed E-state index contributed by atoms with van der Waals surface area (Å²) in [4.78, 5) is 19.2. The lowest BCUT2D eigenvalue weighted by atomic mass is 9.96. The first kappa shape index (κ1) is 16.0. The molecule has 0 spiro atoms. The third-order valence-electron chi connectivity index (χ3n) is 5.12. The fourth-order valence-corrected chi connectivity index (χ4v) is 3.87. The molecule has 27 heavy (non-hydrogen) atoms. The molecule has 0 amide bonds. The van der Waals surface area contributed by atoms with Crippen molar-refractivity contribution >= 4 is 0 Å². The topological polar surface area (TPSA) is 62.6 Å². The Labute approximate surface area is 157 Å². The molecule has 4 aromatic heterocycles. The van der Waals surface area contributed by atoms with Gasteiger partial charge in [0.1, 0.15) is 5.82 Å². The van der Waals surface area contributed by atoms with Gasteiger partial charge in [-0.2, -0.15) is 0 Å². The van der Waals surface area contributed by atoms with E-state index in [0.717, 1.165) is 31.0 Å². The molecular formula is C21H20N6. The first-order chi connectivity index (χ1) is 13.4. The number of H-pyrrole nitrogens is 1. The molecule has 0 unspecified atom stereocenters. The second kappa shape index (κ2) is 6.81.